The second-order valence-electron chi connectivity index (χ2n) is 3.84. The second-order valence-corrected chi connectivity index (χ2v) is 4.64. The number of aromatic nitrogens is 1. The molecule has 0 spiro atoms. The zero-order chi connectivity index (χ0) is 11.5. The fourth-order valence-corrected chi connectivity index (χ4v) is 2.44. The fourth-order valence-electron chi connectivity index (χ4n) is 1.81. The normalized spacial score (nSPS) is 16.2. The number of aromatic carboxylic acids is 1. The Morgan fingerprint density at radius 1 is 1.44 bits per heavy atom. The molecule has 0 radical (unpaired) electrons. The third kappa shape index (κ3) is 2.38. The van der Waals surface area contributed by atoms with Crippen LogP contribution in [0, 0.1) is 0 Å². The van der Waals surface area contributed by atoms with Crippen LogP contribution in [0.5, 0.6) is 0 Å². The number of carboxylic acids is 1. The Labute approximate surface area is 96.6 Å². The van der Waals surface area contributed by atoms with Gasteiger partial charge in [-0.3, -0.25) is 4.79 Å². The number of carboxylic acid groups (broad SMARTS) is 1. The van der Waals surface area contributed by atoms with E-state index in [0.717, 1.165) is 37.2 Å². The molecule has 6 heteroatoms. The molecule has 1 heterocycles. The van der Waals surface area contributed by atoms with Crippen molar-refractivity contribution in [2.75, 3.05) is 0 Å². The molecular weight excluding hydrogens is 228 g/mol. The number of amides is 1. The number of carbonyl (C=O) groups is 2. The topological polar surface area (TPSA) is 79.3 Å². The zero-order valence-corrected chi connectivity index (χ0v) is 9.42. The van der Waals surface area contributed by atoms with Gasteiger partial charge in [0.15, 0.2) is 5.69 Å². The SMILES string of the molecule is O=C(O)c1cc(C(=O)NC2CCCC2)sn1. The molecule has 16 heavy (non-hydrogen) atoms. The van der Waals surface area contributed by atoms with E-state index < -0.39 is 5.97 Å². The van der Waals surface area contributed by atoms with Gasteiger partial charge in [0.05, 0.1) is 0 Å². The van der Waals surface area contributed by atoms with Gasteiger partial charge < -0.3 is 10.4 Å². The zero-order valence-electron chi connectivity index (χ0n) is 8.60. The molecule has 0 aliphatic heterocycles. The molecule has 1 aromatic heterocycles. The molecule has 1 fully saturated rings. The average molecular weight is 240 g/mol. The lowest BCUT2D eigenvalue weighted by molar-refractivity contribution is 0.0692. The number of carbonyl (C=O) groups excluding carboxylic acids is 1. The Morgan fingerprint density at radius 2 is 2.12 bits per heavy atom. The predicted molar refractivity (Wildman–Crippen MR) is 58.8 cm³/mol. The lowest BCUT2D eigenvalue weighted by atomic mass is 10.2. The number of hydrogen-bond acceptors (Lipinski definition) is 4. The van der Waals surface area contributed by atoms with Crippen molar-refractivity contribution in [3.05, 3.63) is 16.6 Å². The van der Waals surface area contributed by atoms with Gasteiger partial charge in [0.1, 0.15) is 4.88 Å². The Kier molecular flexibility index (Phi) is 3.19. The van der Waals surface area contributed by atoms with Crippen molar-refractivity contribution in [1.82, 2.24) is 9.69 Å². The van der Waals surface area contributed by atoms with Crippen LogP contribution in [0.1, 0.15) is 45.8 Å². The van der Waals surface area contributed by atoms with Gasteiger partial charge in [0, 0.05) is 6.04 Å². The largest absolute Gasteiger partial charge is 0.476 e. The highest BCUT2D eigenvalue weighted by Crippen LogP contribution is 2.19. The summed E-state index contributed by atoms with van der Waals surface area (Å²) in [7, 11) is 0. The highest BCUT2D eigenvalue weighted by atomic mass is 32.1. The van der Waals surface area contributed by atoms with Crippen LogP contribution in [0.3, 0.4) is 0 Å². The molecule has 1 aliphatic rings. The van der Waals surface area contributed by atoms with Crippen LogP contribution >= 0.6 is 11.5 Å². The maximum Gasteiger partial charge on any atom is 0.355 e. The molecule has 1 aromatic rings. The van der Waals surface area contributed by atoms with Crippen LogP contribution in [0.15, 0.2) is 6.07 Å². The van der Waals surface area contributed by atoms with E-state index in [9.17, 15) is 9.59 Å². The highest BCUT2D eigenvalue weighted by Gasteiger charge is 2.20. The first-order valence-electron chi connectivity index (χ1n) is 5.17. The number of rotatable bonds is 3. The van der Waals surface area contributed by atoms with Crippen LogP contribution in [-0.4, -0.2) is 27.4 Å². The summed E-state index contributed by atoms with van der Waals surface area (Å²) in [6, 6.07) is 1.56. The summed E-state index contributed by atoms with van der Waals surface area (Å²) in [5, 5.41) is 11.6. The van der Waals surface area contributed by atoms with Gasteiger partial charge in [-0.1, -0.05) is 12.8 Å². The molecule has 0 unspecified atom stereocenters. The van der Waals surface area contributed by atoms with Gasteiger partial charge >= 0.3 is 5.97 Å². The Morgan fingerprint density at radius 3 is 2.69 bits per heavy atom. The van der Waals surface area contributed by atoms with Crippen LogP contribution in [0.2, 0.25) is 0 Å². The van der Waals surface area contributed by atoms with E-state index in [4.69, 9.17) is 5.11 Å². The Hall–Kier alpha value is -1.43. The van der Waals surface area contributed by atoms with E-state index in [1.807, 2.05) is 0 Å². The van der Waals surface area contributed by atoms with E-state index in [-0.39, 0.29) is 17.6 Å². The first kappa shape index (κ1) is 11.1. The first-order chi connectivity index (χ1) is 7.66. The predicted octanol–water partition coefficient (Wildman–Crippen LogP) is 1.51. The molecule has 86 valence electrons. The van der Waals surface area contributed by atoms with Gasteiger partial charge in [-0.15, -0.1) is 0 Å². The van der Waals surface area contributed by atoms with Crippen LogP contribution in [-0.2, 0) is 0 Å². The highest BCUT2D eigenvalue weighted by molar-refractivity contribution is 7.08. The van der Waals surface area contributed by atoms with Crippen molar-refractivity contribution in [2.24, 2.45) is 0 Å². The molecule has 5 nitrogen and oxygen atoms in total. The van der Waals surface area contributed by atoms with E-state index in [0.29, 0.717) is 4.88 Å². The van der Waals surface area contributed by atoms with E-state index >= 15 is 0 Å². The average Bonchev–Trinajstić information content (AvgIpc) is 2.86. The molecule has 0 atom stereocenters. The minimum absolute atomic E-state index is 0.0680. The molecule has 1 saturated carbocycles. The number of hydrogen-bond donors (Lipinski definition) is 2. The Bertz CT molecular complexity index is 410. The quantitative estimate of drug-likeness (QED) is 0.839. The van der Waals surface area contributed by atoms with Crippen molar-refractivity contribution in [2.45, 2.75) is 31.7 Å². The van der Waals surface area contributed by atoms with Crippen molar-refractivity contribution >= 4 is 23.4 Å². The molecule has 0 saturated heterocycles. The fraction of sp³-hybridized carbons (Fsp3) is 0.500. The second kappa shape index (κ2) is 4.61. The lowest BCUT2D eigenvalue weighted by Gasteiger charge is -2.09. The van der Waals surface area contributed by atoms with Crippen molar-refractivity contribution in [3.63, 3.8) is 0 Å². The maximum atomic E-state index is 11.7. The van der Waals surface area contributed by atoms with Gasteiger partial charge in [-0.05, 0) is 30.4 Å². The minimum atomic E-state index is -1.10. The van der Waals surface area contributed by atoms with E-state index in [1.54, 1.807) is 0 Å². The number of nitrogens with zero attached hydrogens (tertiary/aromatic N) is 1. The summed E-state index contributed by atoms with van der Waals surface area (Å²) in [5.41, 5.74) is -0.0680. The van der Waals surface area contributed by atoms with E-state index in [1.165, 1.54) is 6.07 Å². The van der Waals surface area contributed by atoms with E-state index in [2.05, 4.69) is 9.69 Å². The lowest BCUT2D eigenvalue weighted by Crippen LogP contribution is -2.31. The minimum Gasteiger partial charge on any atom is -0.476 e. The third-order valence-electron chi connectivity index (χ3n) is 2.64. The monoisotopic (exact) mass is 240 g/mol. The standard InChI is InChI=1S/C10H12N2O3S/c13-9(11-6-3-1-2-4-6)8-5-7(10(14)15)12-16-8/h5-6H,1-4H2,(H,11,13)(H,14,15). The smallest absolute Gasteiger partial charge is 0.355 e. The number of nitrogens with one attached hydrogen (secondary N) is 1. The van der Waals surface area contributed by atoms with Gasteiger partial charge in [-0.2, -0.15) is 4.37 Å². The summed E-state index contributed by atoms with van der Waals surface area (Å²) in [6.45, 7) is 0. The summed E-state index contributed by atoms with van der Waals surface area (Å²) in [4.78, 5) is 22.7. The summed E-state index contributed by atoms with van der Waals surface area (Å²) >= 11 is 0.926. The summed E-state index contributed by atoms with van der Waals surface area (Å²) in [6.07, 6.45) is 4.31. The van der Waals surface area contributed by atoms with Crippen molar-refractivity contribution in [3.8, 4) is 0 Å². The van der Waals surface area contributed by atoms with Crippen LogP contribution in [0.25, 0.3) is 0 Å². The Balaban J connectivity index is 1.99. The van der Waals surface area contributed by atoms with Crippen LogP contribution in [0.4, 0.5) is 0 Å². The molecule has 0 bridgehead atoms. The maximum absolute atomic E-state index is 11.7. The molecule has 1 aliphatic carbocycles. The molecule has 0 aromatic carbocycles. The van der Waals surface area contributed by atoms with Crippen molar-refractivity contribution in [1.29, 1.82) is 0 Å². The van der Waals surface area contributed by atoms with Gasteiger partial charge in [0.2, 0.25) is 0 Å². The third-order valence-corrected chi connectivity index (χ3v) is 3.43. The summed E-state index contributed by atoms with van der Waals surface area (Å²) < 4.78 is 3.69. The molecule has 2 rings (SSSR count). The van der Waals surface area contributed by atoms with Gasteiger partial charge in [-0.25, -0.2) is 4.79 Å². The van der Waals surface area contributed by atoms with Crippen molar-refractivity contribution < 1.29 is 14.7 Å². The van der Waals surface area contributed by atoms with Crippen LogP contribution < -0.4 is 5.32 Å². The molecular formula is C10H12N2O3S. The first-order valence-corrected chi connectivity index (χ1v) is 5.95. The molecule has 2 N–H and O–H groups in total. The van der Waals surface area contributed by atoms with Gasteiger partial charge in [0.25, 0.3) is 5.91 Å². The molecule has 1 amide bonds. The summed E-state index contributed by atoms with van der Waals surface area (Å²) in [5.74, 6) is -1.31.